The third kappa shape index (κ3) is 9.44. The van der Waals surface area contributed by atoms with Gasteiger partial charge in [0.25, 0.3) is 0 Å². The number of nitrogens with one attached hydrogen (secondary N) is 2. The van der Waals surface area contributed by atoms with Crippen molar-refractivity contribution in [2.75, 3.05) is 35.9 Å². The molecule has 9 nitrogen and oxygen atoms in total. The number of amides is 2. The van der Waals surface area contributed by atoms with Crippen LogP contribution in [0.2, 0.25) is 0 Å². The third-order valence-corrected chi connectivity index (χ3v) is 7.56. The van der Waals surface area contributed by atoms with Crippen molar-refractivity contribution in [1.29, 1.82) is 0 Å². The van der Waals surface area contributed by atoms with Gasteiger partial charge in [0.15, 0.2) is 0 Å². The molecule has 1 fully saturated rings. The van der Waals surface area contributed by atoms with Crippen LogP contribution in [0.25, 0.3) is 0 Å². The summed E-state index contributed by atoms with van der Waals surface area (Å²) in [7, 11) is -3.33. The number of sulfonamides is 1. The zero-order valence-corrected chi connectivity index (χ0v) is 24.1. The van der Waals surface area contributed by atoms with E-state index in [9.17, 15) is 22.7 Å². The lowest BCUT2D eigenvalue weighted by molar-refractivity contribution is 0.0766. The van der Waals surface area contributed by atoms with E-state index in [2.05, 4.69) is 14.9 Å². The number of anilines is 2. The van der Waals surface area contributed by atoms with Crippen molar-refractivity contribution in [2.45, 2.75) is 44.9 Å². The minimum absolute atomic E-state index is 0.0114. The van der Waals surface area contributed by atoms with Crippen LogP contribution in [0.5, 0.6) is 11.5 Å². The molecule has 1 heterocycles. The number of carbonyl (C=O) groups excluding carboxylic acids is 1. The SMILES string of the molecule is CCC(O)CN(C(=O)Nc1ccc(F)cc1)C1CCN(Cc2ccc(Oc3ccc(NS(C)(=O)=O)cc3)cc2)CC1. The fraction of sp³-hybridized carbons (Fsp3) is 0.367. The minimum Gasteiger partial charge on any atom is -0.457 e. The van der Waals surface area contributed by atoms with Crippen molar-refractivity contribution in [3.63, 3.8) is 0 Å². The zero-order chi connectivity index (χ0) is 29.4. The lowest BCUT2D eigenvalue weighted by Crippen LogP contribution is -2.51. The molecular weight excluding hydrogens is 547 g/mol. The Morgan fingerprint density at radius 3 is 2.12 bits per heavy atom. The van der Waals surface area contributed by atoms with E-state index >= 15 is 0 Å². The summed E-state index contributed by atoms with van der Waals surface area (Å²) in [4.78, 5) is 17.2. The van der Waals surface area contributed by atoms with Crippen LogP contribution in [0.15, 0.2) is 72.8 Å². The number of halogens is 1. The number of piperidine rings is 1. The van der Waals surface area contributed by atoms with Crippen LogP contribution in [0.4, 0.5) is 20.6 Å². The predicted molar refractivity (Wildman–Crippen MR) is 158 cm³/mol. The van der Waals surface area contributed by atoms with Crippen molar-refractivity contribution in [3.05, 3.63) is 84.2 Å². The van der Waals surface area contributed by atoms with Crippen molar-refractivity contribution in [1.82, 2.24) is 9.80 Å². The van der Waals surface area contributed by atoms with Gasteiger partial charge in [-0.05, 0) is 85.5 Å². The Morgan fingerprint density at radius 1 is 1.00 bits per heavy atom. The molecule has 1 unspecified atom stereocenters. The normalized spacial score (nSPS) is 15.2. The molecule has 2 amide bonds. The molecule has 0 radical (unpaired) electrons. The highest BCUT2D eigenvalue weighted by Crippen LogP contribution is 2.25. The number of urea groups is 1. The van der Waals surface area contributed by atoms with Crippen LogP contribution in [0.3, 0.4) is 0 Å². The van der Waals surface area contributed by atoms with Gasteiger partial charge in [0, 0.05) is 43.6 Å². The smallest absolute Gasteiger partial charge is 0.322 e. The number of hydrogen-bond donors (Lipinski definition) is 3. The van der Waals surface area contributed by atoms with E-state index in [1.54, 1.807) is 29.2 Å². The number of aliphatic hydroxyl groups excluding tert-OH is 1. The Hall–Kier alpha value is -3.67. The number of hydrogen-bond acceptors (Lipinski definition) is 6. The Balaban J connectivity index is 1.29. The molecule has 3 N–H and O–H groups in total. The number of ether oxygens (including phenoxy) is 1. The lowest BCUT2D eigenvalue weighted by atomic mass is 10.0. The summed E-state index contributed by atoms with van der Waals surface area (Å²) in [5.74, 6) is 0.903. The molecule has 0 bridgehead atoms. The number of nitrogens with zero attached hydrogens (tertiary/aromatic N) is 2. The number of rotatable bonds is 11. The average molecular weight is 585 g/mol. The van der Waals surface area contributed by atoms with Gasteiger partial charge >= 0.3 is 6.03 Å². The molecule has 1 saturated heterocycles. The van der Waals surface area contributed by atoms with Crippen molar-refractivity contribution >= 4 is 27.4 Å². The van der Waals surface area contributed by atoms with Gasteiger partial charge in [0.1, 0.15) is 17.3 Å². The Labute approximate surface area is 241 Å². The summed E-state index contributed by atoms with van der Waals surface area (Å²) in [5, 5.41) is 13.1. The minimum atomic E-state index is -3.33. The standard InChI is InChI=1S/C30H37FN4O5S/c1-3-27(36)21-35(30(37)32-24-8-6-23(31)7-9-24)26-16-18-34(19-17-26)20-22-4-12-28(13-5-22)40-29-14-10-25(11-15-29)33-41(2,38)39/h4-15,26-27,33,36H,3,16-21H2,1-2H3,(H,32,37). The van der Waals surface area contributed by atoms with E-state index in [1.807, 2.05) is 31.2 Å². The van der Waals surface area contributed by atoms with Gasteiger partial charge in [0.05, 0.1) is 12.4 Å². The summed E-state index contributed by atoms with van der Waals surface area (Å²) >= 11 is 0. The van der Waals surface area contributed by atoms with Gasteiger partial charge < -0.3 is 20.1 Å². The molecule has 1 atom stereocenters. The van der Waals surface area contributed by atoms with E-state index in [-0.39, 0.29) is 24.4 Å². The van der Waals surface area contributed by atoms with Gasteiger partial charge in [-0.15, -0.1) is 0 Å². The first-order valence-corrected chi connectivity index (χ1v) is 15.6. The quantitative estimate of drug-likeness (QED) is 0.284. The van der Waals surface area contributed by atoms with Gasteiger partial charge in [-0.2, -0.15) is 0 Å². The molecule has 0 aliphatic carbocycles. The monoisotopic (exact) mass is 584 g/mol. The van der Waals surface area contributed by atoms with E-state index in [0.717, 1.165) is 44.3 Å². The number of aliphatic hydroxyl groups is 1. The van der Waals surface area contributed by atoms with Crippen LogP contribution in [0, 0.1) is 5.82 Å². The molecule has 1 aliphatic heterocycles. The molecule has 3 aromatic carbocycles. The highest BCUT2D eigenvalue weighted by molar-refractivity contribution is 7.92. The number of carbonyl (C=O) groups is 1. The fourth-order valence-electron chi connectivity index (χ4n) is 4.73. The van der Waals surface area contributed by atoms with Gasteiger partial charge in [0.2, 0.25) is 10.0 Å². The summed E-state index contributed by atoms with van der Waals surface area (Å²) in [6, 6.07) is 19.9. The summed E-state index contributed by atoms with van der Waals surface area (Å²) in [6.07, 6.45) is 2.59. The Bertz CT molecular complexity index is 1380. The maximum atomic E-state index is 13.3. The second-order valence-corrected chi connectivity index (χ2v) is 12.1. The molecule has 220 valence electrons. The summed E-state index contributed by atoms with van der Waals surface area (Å²) in [5.41, 5.74) is 2.12. The summed E-state index contributed by atoms with van der Waals surface area (Å²) in [6.45, 7) is 4.50. The molecular formula is C30H37FN4O5S. The molecule has 41 heavy (non-hydrogen) atoms. The first-order valence-electron chi connectivity index (χ1n) is 13.7. The van der Waals surface area contributed by atoms with Crippen molar-refractivity contribution < 1.29 is 27.4 Å². The predicted octanol–water partition coefficient (Wildman–Crippen LogP) is 5.26. The van der Waals surface area contributed by atoms with Crippen LogP contribution in [-0.2, 0) is 16.6 Å². The second kappa shape index (κ2) is 13.8. The van der Waals surface area contributed by atoms with Gasteiger partial charge in [-0.1, -0.05) is 19.1 Å². The Morgan fingerprint density at radius 2 is 1.56 bits per heavy atom. The lowest BCUT2D eigenvalue weighted by Gasteiger charge is -2.39. The van der Waals surface area contributed by atoms with Crippen LogP contribution >= 0.6 is 0 Å². The highest BCUT2D eigenvalue weighted by Gasteiger charge is 2.29. The van der Waals surface area contributed by atoms with Crippen molar-refractivity contribution in [2.24, 2.45) is 0 Å². The molecule has 11 heteroatoms. The van der Waals surface area contributed by atoms with E-state index in [0.29, 0.717) is 29.3 Å². The van der Waals surface area contributed by atoms with Crippen LogP contribution in [-0.4, -0.2) is 67.4 Å². The summed E-state index contributed by atoms with van der Waals surface area (Å²) < 4.78 is 44.3. The van der Waals surface area contributed by atoms with Gasteiger partial charge in [-0.25, -0.2) is 17.6 Å². The third-order valence-electron chi connectivity index (χ3n) is 6.96. The number of benzene rings is 3. The molecule has 1 aliphatic rings. The highest BCUT2D eigenvalue weighted by atomic mass is 32.2. The van der Waals surface area contributed by atoms with Gasteiger partial charge in [-0.3, -0.25) is 9.62 Å². The van der Waals surface area contributed by atoms with Crippen molar-refractivity contribution in [3.8, 4) is 11.5 Å². The second-order valence-electron chi connectivity index (χ2n) is 10.3. The van der Waals surface area contributed by atoms with E-state index in [1.165, 1.54) is 24.3 Å². The maximum Gasteiger partial charge on any atom is 0.322 e. The molecule has 4 rings (SSSR count). The number of likely N-dealkylation sites (tertiary alicyclic amines) is 1. The average Bonchev–Trinajstić information content (AvgIpc) is 2.94. The first kappa shape index (κ1) is 30.3. The first-order chi connectivity index (χ1) is 19.6. The Kier molecular flexibility index (Phi) is 10.2. The zero-order valence-electron chi connectivity index (χ0n) is 23.3. The van der Waals surface area contributed by atoms with Crippen LogP contribution < -0.4 is 14.8 Å². The largest absolute Gasteiger partial charge is 0.457 e. The topological polar surface area (TPSA) is 111 Å². The molecule has 0 aromatic heterocycles. The molecule has 3 aromatic rings. The fourth-order valence-corrected chi connectivity index (χ4v) is 5.30. The molecule has 0 saturated carbocycles. The van der Waals surface area contributed by atoms with Crippen LogP contribution in [0.1, 0.15) is 31.7 Å². The maximum absolute atomic E-state index is 13.3. The van der Waals surface area contributed by atoms with E-state index < -0.39 is 16.1 Å². The van der Waals surface area contributed by atoms with E-state index in [4.69, 9.17) is 4.74 Å². The molecule has 0 spiro atoms.